The van der Waals surface area contributed by atoms with E-state index in [0.29, 0.717) is 0 Å². The average molecular weight is 210 g/mol. The van der Waals surface area contributed by atoms with E-state index in [9.17, 15) is 5.26 Å². The summed E-state index contributed by atoms with van der Waals surface area (Å²) < 4.78 is 2.05. The standard InChI is InChI=1S/C14H14N2/c1-4-14(2,10-15)12-9-16(3)13-8-6-5-7-11(12)13/h4-9H,1H2,2-3H3. The molecule has 80 valence electrons. The first-order chi connectivity index (χ1) is 7.62. The first kappa shape index (κ1) is 10.5. The van der Waals surface area contributed by atoms with Gasteiger partial charge in [0.2, 0.25) is 0 Å². The topological polar surface area (TPSA) is 28.7 Å². The predicted octanol–water partition coefficient (Wildman–Crippen LogP) is 3.15. The largest absolute Gasteiger partial charge is 0.350 e. The maximum Gasteiger partial charge on any atom is 0.0992 e. The molecule has 0 saturated heterocycles. The molecular weight excluding hydrogens is 196 g/mol. The van der Waals surface area contributed by atoms with Crippen molar-refractivity contribution in [1.29, 1.82) is 5.26 Å². The molecule has 2 nitrogen and oxygen atoms in total. The van der Waals surface area contributed by atoms with E-state index in [-0.39, 0.29) is 0 Å². The van der Waals surface area contributed by atoms with E-state index < -0.39 is 5.41 Å². The maximum atomic E-state index is 9.28. The van der Waals surface area contributed by atoms with E-state index >= 15 is 0 Å². The number of para-hydroxylation sites is 1. The summed E-state index contributed by atoms with van der Waals surface area (Å²) in [5, 5.41) is 10.4. The number of hydrogen-bond acceptors (Lipinski definition) is 1. The molecule has 1 heterocycles. The summed E-state index contributed by atoms with van der Waals surface area (Å²) in [6, 6.07) is 10.4. The Kier molecular flexibility index (Phi) is 2.32. The fraction of sp³-hybridized carbons (Fsp3) is 0.214. The highest BCUT2D eigenvalue weighted by molar-refractivity contribution is 5.85. The molecule has 0 radical (unpaired) electrons. The molecule has 2 aromatic rings. The van der Waals surface area contributed by atoms with Gasteiger partial charge in [0.1, 0.15) is 0 Å². The first-order valence-corrected chi connectivity index (χ1v) is 5.22. The van der Waals surface area contributed by atoms with Crippen LogP contribution in [0.25, 0.3) is 10.9 Å². The minimum absolute atomic E-state index is 0.624. The highest BCUT2D eigenvalue weighted by Gasteiger charge is 2.26. The molecule has 0 aliphatic rings. The van der Waals surface area contributed by atoms with Gasteiger partial charge < -0.3 is 4.57 Å². The quantitative estimate of drug-likeness (QED) is 0.700. The van der Waals surface area contributed by atoms with Crippen LogP contribution >= 0.6 is 0 Å². The Morgan fingerprint density at radius 2 is 2.12 bits per heavy atom. The molecule has 16 heavy (non-hydrogen) atoms. The third-order valence-electron chi connectivity index (χ3n) is 3.10. The van der Waals surface area contributed by atoms with Gasteiger partial charge in [0.05, 0.1) is 11.5 Å². The Bertz CT molecular complexity index is 586. The summed E-state index contributed by atoms with van der Waals surface area (Å²) in [5.74, 6) is 0. The van der Waals surface area contributed by atoms with Crippen LogP contribution in [0.4, 0.5) is 0 Å². The van der Waals surface area contributed by atoms with E-state index in [0.717, 1.165) is 16.5 Å². The molecule has 0 aliphatic heterocycles. The molecule has 0 amide bonds. The fourth-order valence-electron chi connectivity index (χ4n) is 1.97. The van der Waals surface area contributed by atoms with Crippen LogP contribution in [0, 0.1) is 11.3 Å². The molecule has 0 aliphatic carbocycles. The van der Waals surface area contributed by atoms with E-state index in [1.807, 2.05) is 42.9 Å². The SMILES string of the molecule is C=CC(C)(C#N)c1cn(C)c2ccccc12. The Labute approximate surface area is 95.4 Å². The van der Waals surface area contributed by atoms with Gasteiger partial charge in [0.25, 0.3) is 0 Å². The van der Waals surface area contributed by atoms with Crippen molar-refractivity contribution in [3.63, 3.8) is 0 Å². The van der Waals surface area contributed by atoms with Crippen molar-refractivity contribution < 1.29 is 0 Å². The van der Waals surface area contributed by atoms with Crippen molar-refractivity contribution in [2.45, 2.75) is 12.3 Å². The van der Waals surface area contributed by atoms with Crippen molar-refractivity contribution in [1.82, 2.24) is 4.57 Å². The lowest BCUT2D eigenvalue weighted by Crippen LogP contribution is -2.14. The summed E-state index contributed by atoms with van der Waals surface area (Å²) in [5.41, 5.74) is 1.53. The van der Waals surface area contributed by atoms with Crippen LogP contribution in [0.15, 0.2) is 43.1 Å². The van der Waals surface area contributed by atoms with Gasteiger partial charge in [0, 0.05) is 29.7 Å². The number of nitrogens with zero attached hydrogens (tertiary/aromatic N) is 2. The van der Waals surface area contributed by atoms with Crippen molar-refractivity contribution in [3.05, 3.63) is 48.7 Å². The predicted molar refractivity (Wildman–Crippen MR) is 66.1 cm³/mol. The van der Waals surface area contributed by atoms with E-state index in [4.69, 9.17) is 0 Å². The Morgan fingerprint density at radius 1 is 1.44 bits per heavy atom. The van der Waals surface area contributed by atoms with Crippen LogP contribution in [0.5, 0.6) is 0 Å². The fourth-order valence-corrected chi connectivity index (χ4v) is 1.97. The van der Waals surface area contributed by atoms with E-state index in [2.05, 4.69) is 18.7 Å². The van der Waals surface area contributed by atoms with Gasteiger partial charge in [-0.15, -0.1) is 6.58 Å². The minimum Gasteiger partial charge on any atom is -0.350 e. The monoisotopic (exact) mass is 210 g/mol. The third-order valence-corrected chi connectivity index (χ3v) is 3.10. The van der Waals surface area contributed by atoms with Gasteiger partial charge in [-0.25, -0.2) is 0 Å². The molecule has 0 saturated carbocycles. The lowest BCUT2D eigenvalue weighted by Gasteiger charge is -2.15. The molecule has 0 bridgehead atoms. The maximum absolute atomic E-state index is 9.28. The van der Waals surface area contributed by atoms with Crippen LogP contribution in [0.2, 0.25) is 0 Å². The normalized spacial score (nSPS) is 14.3. The van der Waals surface area contributed by atoms with Gasteiger partial charge in [-0.3, -0.25) is 0 Å². The molecule has 0 N–H and O–H groups in total. The Hall–Kier alpha value is -2.01. The molecule has 0 fully saturated rings. The second-order valence-electron chi connectivity index (χ2n) is 4.19. The third kappa shape index (κ3) is 1.33. The van der Waals surface area contributed by atoms with Gasteiger partial charge in [-0.2, -0.15) is 5.26 Å². The summed E-state index contributed by atoms with van der Waals surface area (Å²) in [4.78, 5) is 0. The van der Waals surface area contributed by atoms with Crippen LogP contribution in [-0.2, 0) is 12.5 Å². The summed E-state index contributed by atoms with van der Waals surface area (Å²) in [6.07, 6.45) is 3.71. The summed E-state index contributed by atoms with van der Waals surface area (Å²) >= 11 is 0. The molecule has 0 spiro atoms. The number of fused-ring (bicyclic) bond motifs is 1. The molecule has 2 heteroatoms. The second-order valence-corrected chi connectivity index (χ2v) is 4.19. The summed E-state index contributed by atoms with van der Waals surface area (Å²) in [6.45, 7) is 5.65. The summed E-state index contributed by atoms with van der Waals surface area (Å²) in [7, 11) is 1.99. The lowest BCUT2D eigenvalue weighted by atomic mass is 9.84. The molecule has 2 rings (SSSR count). The molecule has 1 aromatic carbocycles. The second kappa shape index (κ2) is 3.53. The van der Waals surface area contributed by atoms with Crippen molar-refractivity contribution >= 4 is 10.9 Å². The highest BCUT2D eigenvalue weighted by Crippen LogP contribution is 2.32. The van der Waals surface area contributed by atoms with Crippen molar-refractivity contribution in [2.24, 2.45) is 7.05 Å². The van der Waals surface area contributed by atoms with Crippen molar-refractivity contribution in [2.75, 3.05) is 0 Å². The lowest BCUT2D eigenvalue weighted by molar-refractivity contribution is 0.776. The highest BCUT2D eigenvalue weighted by atomic mass is 14.9. The molecule has 1 aromatic heterocycles. The van der Waals surface area contributed by atoms with E-state index in [1.165, 1.54) is 0 Å². The zero-order chi connectivity index (χ0) is 11.8. The van der Waals surface area contributed by atoms with Gasteiger partial charge in [-0.1, -0.05) is 24.3 Å². The van der Waals surface area contributed by atoms with Gasteiger partial charge in [0.15, 0.2) is 0 Å². The minimum atomic E-state index is -0.624. The first-order valence-electron chi connectivity index (χ1n) is 5.22. The number of allylic oxidation sites excluding steroid dienone is 1. The zero-order valence-corrected chi connectivity index (χ0v) is 9.57. The van der Waals surface area contributed by atoms with Crippen LogP contribution < -0.4 is 0 Å². The Morgan fingerprint density at radius 3 is 2.75 bits per heavy atom. The van der Waals surface area contributed by atoms with Gasteiger partial charge in [-0.05, 0) is 13.0 Å². The molecule has 1 unspecified atom stereocenters. The number of aryl methyl sites for hydroxylation is 1. The Balaban J connectivity index is 2.81. The number of nitriles is 1. The number of aromatic nitrogens is 1. The number of hydrogen-bond donors (Lipinski definition) is 0. The van der Waals surface area contributed by atoms with E-state index in [1.54, 1.807) is 6.08 Å². The van der Waals surface area contributed by atoms with Gasteiger partial charge >= 0.3 is 0 Å². The average Bonchev–Trinajstić information content (AvgIpc) is 2.67. The zero-order valence-electron chi connectivity index (χ0n) is 9.57. The van der Waals surface area contributed by atoms with Crippen LogP contribution in [0.3, 0.4) is 0 Å². The van der Waals surface area contributed by atoms with Crippen LogP contribution in [-0.4, -0.2) is 4.57 Å². The molecular formula is C14H14N2. The van der Waals surface area contributed by atoms with Crippen LogP contribution in [0.1, 0.15) is 12.5 Å². The number of benzene rings is 1. The smallest absolute Gasteiger partial charge is 0.0992 e. The molecule has 1 atom stereocenters. The number of rotatable bonds is 2. The van der Waals surface area contributed by atoms with Crippen molar-refractivity contribution in [3.8, 4) is 6.07 Å².